The topological polar surface area (TPSA) is 60.9 Å². The van der Waals surface area contributed by atoms with E-state index in [1.165, 1.54) is 29.2 Å². The number of aliphatic hydroxyl groups excluding tert-OH is 1. The zero-order valence-corrected chi connectivity index (χ0v) is 17.8. The number of nitrogens with zero attached hydrogens (tertiary/aromatic N) is 2. The maximum Gasteiger partial charge on any atom is 0.295 e. The molecule has 2 aromatic rings. The molecule has 0 saturated carbocycles. The summed E-state index contributed by atoms with van der Waals surface area (Å²) in [5.41, 5.74) is 1.02. The molecule has 2 aromatic carbocycles. The number of benzene rings is 2. The van der Waals surface area contributed by atoms with Crippen LogP contribution in [0.4, 0.5) is 4.39 Å². The van der Waals surface area contributed by atoms with Crippen LogP contribution in [0.3, 0.4) is 0 Å². The van der Waals surface area contributed by atoms with Crippen molar-refractivity contribution in [2.24, 2.45) is 0 Å². The van der Waals surface area contributed by atoms with E-state index in [9.17, 15) is 19.1 Å². The van der Waals surface area contributed by atoms with Crippen LogP contribution >= 0.6 is 15.9 Å². The highest BCUT2D eigenvalue weighted by molar-refractivity contribution is 9.10. The largest absolute Gasteiger partial charge is 0.507 e. The number of halogens is 2. The highest BCUT2D eigenvalue weighted by atomic mass is 79.9. The Labute approximate surface area is 177 Å². The Hall–Kier alpha value is -2.51. The molecule has 29 heavy (non-hydrogen) atoms. The zero-order chi connectivity index (χ0) is 21.1. The number of hydrogen-bond acceptors (Lipinski definition) is 4. The molecule has 3 rings (SSSR count). The van der Waals surface area contributed by atoms with Gasteiger partial charge in [-0.3, -0.25) is 9.59 Å². The molecular formula is C22H22BrFN2O3. The molecule has 0 radical (unpaired) electrons. The van der Waals surface area contributed by atoms with Crippen LogP contribution in [0.5, 0.6) is 0 Å². The summed E-state index contributed by atoms with van der Waals surface area (Å²) < 4.78 is 14.1. The molecular weight excluding hydrogens is 439 g/mol. The quantitative estimate of drug-likeness (QED) is 0.402. The van der Waals surface area contributed by atoms with Crippen molar-refractivity contribution in [3.63, 3.8) is 0 Å². The first-order chi connectivity index (χ1) is 13.8. The number of carbonyl (C=O) groups excluding carboxylic acids is 2. The molecule has 1 aliphatic heterocycles. The van der Waals surface area contributed by atoms with Gasteiger partial charge in [-0.15, -0.1) is 0 Å². The highest BCUT2D eigenvalue weighted by Crippen LogP contribution is 2.40. The lowest BCUT2D eigenvalue weighted by Crippen LogP contribution is -2.32. The van der Waals surface area contributed by atoms with Crippen LogP contribution < -0.4 is 0 Å². The van der Waals surface area contributed by atoms with Crippen LogP contribution in [0.2, 0.25) is 0 Å². The average Bonchev–Trinajstić information content (AvgIpc) is 2.93. The van der Waals surface area contributed by atoms with E-state index >= 15 is 0 Å². The van der Waals surface area contributed by atoms with Crippen LogP contribution in [-0.2, 0) is 9.59 Å². The van der Waals surface area contributed by atoms with Gasteiger partial charge in [0.15, 0.2) is 0 Å². The normalized spacial score (nSPS) is 18.7. The van der Waals surface area contributed by atoms with Crippen molar-refractivity contribution in [2.75, 3.05) is 27.2 Å². The number of hydrogen-bond donors (Lipinski definition) is 1. The summed E-state index contributed by atoms with van der Waals surface area (Å²) in [5.74, 6) is -2.13. The van der Waals surface area contributed by atoms with E-state index in [2.05, 4.69) is 15.9 Å². The number of ketones is 1. The highest BCUT2D eigenvalue weighted by Gasteiger charge is 2.45. The molecule has 0 spiro atoms. The minimum Gasteiger partial charge on any atom is -0.507 e. The fourth-order valence-corrected chi connectivity index (χ4v) is 3.87. The van der Waals surface area contributed by atoms with Crippen molar-refractivity contribution < 1.29 is 19.1 Å². The Morgan fingerprint density at radius 1 is 1.17 bits per heavy atom. The number of aliphatic hydroxyl groups is 1. The Bertz CT molecular complexity index is 957. The molecule has 5 nitrogen and oxygen atoms in total. The first kappa shape index (κ1) is 21.2. The van der Waals surface area contributed by atoms with Crippen molar-refractivity contribution in [3.05, 3.63) is 75.5 Å². The lowest BCUT2D eigenvalue weighted by Gasteiger charge is -2.26. The third-order valence-corrected chi connectivity index (χ3v) is 5.32. The molecule has 1 atom stereocenters. The van der Waals surface area contributed by atoms with E-state index in [-0.39, 0.29) is 16.9 Å². The summed E-state index contributed by atoms with van der Waals surface area (Å²) in [5, 5.41) is 10.9. The molecule has 1 unspecified atom stereocenters. The van der Waals surface area contributed by atoms with Crippen LogP contribution in [0, 0.1) is 5.82 Å². The summed E-state index contributed by atoms with van der Waals surface area (Å²) in [4.78, 5) is 29.2. The molecule has 1 saturated heterocycles. The van der Waals surface area contributed by atoms with Gasteiger partial charge in [0.2, 0.25) is 0 Å². The van der Waals surface area contributed by atoms with E-state index in [1.54, 1.807) is 0 Å². The standard InChI is InChI=1S/C22H22BrFN2O3/c1-25(2)11-4-12-26-19(15-5-3-6-16(23)13-15)18(21(28)22(26)29)20(27)14-7-9-17(24)10-8-14/h3,5-10,13,19,27H,4,11-12H2,1-2H3/b20-18+. The molecule has 1 fully saturated rings. The summed E-state index contributed by atoms with van der Waals surface area (Å²) in [7, 11) is 3.88. The first-order valence-electron chi connectivity index (χ1n) is 9.24. The molecule has 7 heteroatoms. The van der Waals surface area contributed by atoms with Gasteiger partial charge in [0, 0.05) is 16.6 Å². The summed E-state index contributed by atoms with van der Waals surface area (Å²) in [6.45, 7) is 1.13. The Kier molecular flexibility index (Phi) is 6.49. The number of carbonyl (C=O) groups is 2. The molecule has 0 aromatic heterocycles. The van der Waals surface area contributed by atoms with Crippen LogP contribution in [0.1, 0.15) is 23.6 Å². The predicted molar refractivity (Wildman–Crippen MR) is 113 cm³/mol. The fraction of sp³-hybridized carbons (Fsp3) is 0.273. The van der Waals surface area contributed by atoms with Gasteiger partial charge in [-0.2, -0.15) is 0 Å². The predicted octanol–water partition coefficient (Wildman–Crippen LogP) is 3.96. The Morgan fingerprint density at radius 2 is 1.86 bits per heavy atom. The molecule has 152 valence electrons. The van der Waals surface area contributed by atoms with Gasteiger partial charge in [0.05, 0.1) is 11.6 Å². The van der Waals surface area contributed by atoms with E-state index in [4.69, 9.17) is 0 Å². The summed E-state index contributed by atoms with van der Waals surface area (Å²) >= 11 is 3.43. The van der Waals surface area contributed by atoms with Gasteiger partial charge in [-0.1, -0.05) is 28.1 Å². The van der Waals surface area contributed by atoms with Crippen molar-refractivity contribution in [1.29, 1.82) is 0 Å². The van der Waals surface area contributed by atoms with Crippen LogP contribution in [-0.4, -0.2) is 53.8 Å². The maximum atomic E-state index is 13.3. The molecule has 1 aliphatic rings. The Morgan fingerprint density at radius 3 is 2.48 bits per heavy atom. The van der Waals surface area contributed by atoms with Crippen LogP contribution in [0.15, 0.2) is 58.6 Å². The minimum absolute atomic E-state index is 0.0181. The lowest BCUT2D eigenvalue weighted by molar-refractivity contribution is -0.139. The van der Waals surface area contributed by atoms with E-state index in [0.717, 1.165) is 11.0 Å². The van der Waals surface area contributed by atoms with Gasteiger partial charge >= 0.3 is 0 Å². The Balaban J connectivity index is 2.09. The third kappa shape index (κ3) is 4.57. The fourth-order valence-electron chi connectivity index (χ4n) is 3.45. The van der Waals surface area contributed by atoms with Gasteiger partial charge < -0.3 is 14.9 Å². The first-order valence-corrected chi connectivity index (χ1v) is 10.0. The number of Topliss-reactive ketones (excluding diaryl/α,β-unsaturated/α-hetero) is 1. The third-order valence-electron chi connectivity index (χ3n) is 4.83. The lowest BCUT2D eigenvalue weighted by atomic mass is 9.95. The van der Waals surface area contributed by atoms with Gasteiger partial charge in [0.1, 0.15) is 11.6 Å². The number of likely N-dealkylation sites (tertiary alicyclic amines) is 1. The van der Waals surface area contributed by atoms with Crippen molar-refractivity contribution in [3.8, 4) is 0 Å². The zero-order valence-electron chi connectivity index (χ0n) is 16.2. The summed E-state index contributed by atoms with van der Waals surface area (Å²) in [6.07, 6.45) is 0.682. The number of amides is 1. The van der Waals surface area contributed by atoms with Crippen molar-refractivity contribution in [1.82, 2.24) is 9.80 Å². The summed E-state index contributed by atoms with van der Waals surface area (Å²) in [6, 6.07) is 11.8. The second-order valence-electron chi connectivity index (χ2n) is 7.21. The monoisotopic (exact) mass is 460 g/mol. The van der Waals surface area contributed by atoms with E-state index < -0.39 is 23.5 Å². The average molecular weight is 461 g/mol. The molecule has 0 bridgehead atoms. The number of rotatable bonds is 6. The minimum atomic E-state index is -0.735. The van der Waals surface area contributed by atoms with Gasteiger partial charge in [-0.05, 0) is 69.0 Å². The SMILES string of the molecule is CN(C)CCCN1C(=O)C(=O)/C(=C(/O)c2ccc(F)cc2)C1c1cccc(Br)c1. The van der Waals surface area contributed by atoms with Gasteiger partial charge in [-0.25, -0.2) is 4.39 Å². The van der Waals surface area contributed by atoms with Crippen LogP contribution in [0.25, 0.3) is 5.76 Å². The maximum absolute atomic E-state index is 13.3. The molecule has 0 aliphatic carbocycles. The van der Waals surface area contributed by atoms with Crippen molar-refractivity contribution in [2.45, 2.75) is 12.5 Å². The van der Waals surface area contributed by atoms with E-state index in [1.807, 2.05) is 43.3 Å². The second kappa shape index (κ2) is 8.88. The van der Waals surface area contributed by atoms with Crippen molar-refractivity contribution >= 4 is 33.4 Å². The molecule has 1 heterocycles. The van der Waals surface area contributed by atoms with Gasteiger partial charge in [0.25, 0.3) is 11.7 Å². The second-order valence-corrected chi connectivity index (χ2v) is 8.13. The molecule has 1 N–H and O–H groups in total. The smallest absolute Gasteiger partial charge is 0.295 e. The molecule has 1 amide bonds. The van der Waals surface area contributed by atoms with E-state index in [0.29, 0.717) is 18.5 Å².